The minimum Gasteiger partial charge on any atom is -0.377 e. The third-order valence-electron chi connectivity index (χ3n) is 4.09. The number of ether oxygens (including phenoxy) is 1. The molecular formula is C16H21N3O3S. The molecule has 124 valence electrons. The van der Waals surface area contributed by atoms with Gasteiger partial charge in [-0.2, -0.15) is 0 Å². The van der Waals surface area contributed by atoms with E-state index < -0.39 is 9.84 Å². The van der Waals surface area contributed by atoms with Crippen LogP contribution < -0.4 is 4.90 Å². The molecular weight excluding hydrogens is 314 g/mol. The van der Waals surface area contributed by atoms with Crippen molar-refractivity contribution >= 4 is 26.6 Å². The minimum atomic E-state index is -3.26. The lowest BCUT2D eigenvalue weighted by Crippen LogP contribution is -2.40. The highest BCUT2D eigenvalue weighted by Gasteiger charge is 2.23. The zero-order valence-electron chi connectivity index (χ0n) is 13.4. The summed E-state index contributed by atoms with van der Waals surface area (Å²) in [4.78, 5) is 11.1. The van der Waals surface area contributed by atoms with Crippen LogP contribution in [0.3, 0.4) is 0 Å². The lowest BCUT2D eigenvalue weighted by atomic mass is 10.1. The van der Waals surface area contributed by atoms with Crippen molar-refractivity contribution in [2.75, 3.05) is 30.9 Å². The SMILES string of the molecule is CCOC1CCCN(c2ncnc3ccc(S(C)(=O)=O)cc23)C1. The third kappa shape index (κ3) is 3.45. The summed E-state index contributed by atoms with van der Waals surface area (Å²) in [6.45, 7) is 4.35. The third-order valence-corrected chi connectivity index (χ3v) is 5.20. The normalized spacial score (nSPS) is 19.2. The molecule has 0 saturated carbocycles. The number of benzene rings is 1. The van der Waals surface area contributed by atoms with Crippen LogP contribution in [-0.4, -0.2) is 50.4 Å². The predicted molar refractivity (Wildman–Crippen MR) is 89.5 cm³/mol. The van der Waals surface area contributed by atoms with Crippen LogP contribution >= 0.6 is 0 Å². The number of hydrogen-bond acceptors (Lipinski definition) is 6. The number of fused-ring (bicyclic) bond motifs is 1. The van der Waals surface area contributed by atoms with E-state index in [0.29, 0.717) is 11.5 Å². The van der Waals surface area contributed by atoms with Crippen molar-refractivity contribution in [3.8, 4) is 0 Å². The minimum absolute atomic E-state index is 0.192. The topological polar surface area (TPSA) is 72.4 Å². The van der Waals surface area contributed by atoms with Crippen molar-refractivity contribution < 1.29 is 13.2 Å². The molecule has 0 N–H and O–H groups in total. The Labute approximate surface area is 136 Å². The Morgan fingerprint density at radius 2 is 2.17 bits per heavy atom. The fourth-order valence-corrected chi connectivity index (χ4v) is 3.65. The van der Waals surface area contributed by atoms with Gasteiger partial charge in [-0.15, -0.1) is 0 Å². The number of rotatable bonds is 4. The van der Waals surface area contributed by atoms with Gasteiger partial charge < -0.3 is 9.64 Å². The Bertz CT molecular complexity index is 805. The molecule has 0 bridgehead atoms. The Kier molecular flexibility index (Phi) is 4.50. The largest absolute Gasteiger partial charge is 0.377 e. The van der Waals surface area contributed by atoms with Crippen LogP contribution in [0.15, 0.2) is 29.4 Å². The van der Waals surface area contributed by atoms with E-state index in [1.54, 1.807) is 18.2 Å². The second-order valence-electron chi connectivity index (χ2n) is 5.81. The van der Waals surface area contributed by atoms with Gasteiger partial charge in [-0.3, -0.25) is 0 Å². The van der Waals surface area contributed by atoms with Gasteiger partial charge >= 0.3 is 0 Å². The molecule has 1 aromatic heterocycles. The first-order valence-electron chi connectivity index (χ1n) is 7.80. The summed E-state index contributed by atoms with van der Waals surface area (Å²) < 4.78 is 29.4. The van der Waals surface area contributed by atoms with Crippen LogP contribution in [0.2, 0.25) is 0 Å². The quantitative estimate of drug-likeness (QED) is 0.851. The molecule has 0 aliphatic carbocycles. The number of aromatic nitrogens is 2. The van der Waals surface area contributed by atoms with Crippen LogP contribution in [-0.2, 0) is 14.6 Å². The van der Waals surface area contributed by atoms with Crippen LogP contribution in [0.1, 0.15) is 19.8 Å². The van der Waals surface area contributed by atoms with Crippen LogP contribution in [0.25, 0.3) is 10.9 Å². The van der Waals surface area contributed by atoms with E-state index in [9.17, 15) is 8.42 Å². The lowest BCUT2D eigenvalue weighted by Gasteiger charge is -2.33. The Morgan fingerprint density at radius 3 is 2.91 bits per heavy atom. The van der Waals surface area contributed by atoms with E-state index in [-0.39, 0.29) is 6.10 Å². The number of nitrogens with zero attached hydrogens (tertiary/aromatic N) is 3. The Hall–Kier alpha value is -1.73. The van der Waals surface area contributed by atoms with Gasteiger partial charge in [0.2, 0.25) is 0 Å². The van der Waals surface area contributed by atoms with Gasteiger partial charge in [0.1, 0.15) is 12.1 Å². The summed E-state index contributed by atoms with van der Waals surface area (Å²) in [6, 6.07) is 5.00. The molecule has 7 heteroatoms. The van der Waals surface area contributed by atoms with Crippen molar-refractivity contribution in [2.45, 2.75) is 30.8 Å². The average Bonchev–Trinajstić information content (AvgIpc) is 2.53. The van der Waals surface area contributed by atoms with Gasteiger partial charge in [-0.1, -0.05) is 0 Å². The standard InChI is InChI=1S/C16H21N3O3S/c1-3-22-12-5-4-8-19(10-12)16-14-9-13(23(2,20)21)6-7-15(14)17-11-18-16/h6-7,9,11-12H,3-5,8,10H2,1-2H3. The second-order valence-corrected chi connectivity index (χ2v) is 7.83. The molecule has 1 unspecified atom stereocenters. The predicted octanol–water partition coefficient (Wildman–Crippen LogP) is 2.04. The summed E-state index contributed by atoms with van der Waals surface area (Å²) >= 11 is 0. The van der Waals surface area contributed by atoms with Crippen LogP contribution in [0.5, 0.6) is 0 Å². The molecule has 2 heterocycles. The average molecular weight is 335 g/mol. The van der Waals surface area contributed by atoms with Gasteiger partial charge in [-0.05, 0) is 38.0 Å². The van der Waals surface area contributed by atoms with E-state index in [2.05, 4.69) is 14.9 Å². The number of piperidine rings is 1. The van der Waals surface area contributed by atoms with Crippen molar-refractivity contribution in [3.63, 3.8) is 0 Å². The molecule has 1 atom stereocenters. The van der Waals surface area contributed by atoms with Crippen molar-refractivity contribution in [1.29, 1.82) is 0 Å². The van der Waals surface area contributed by atoms with Gasteiger partial charge in [0, 0.05) is 31.3 Å². The number of anilines is 1. The first-order valence-corrected chi connectivity index (χ1v) is 9.69. The van der Waals surface area contributed by atoms with Gasteiger partial charge in [0.15, 0.2) is 9.84 Å². The molecule has 6 nitrogen and oxygen atoms in total. The zero-order chi connectivity index (χ0) is 16.4. The van der Waals surface area contributed by atoms with Gasteiger partial charge in [0.25, 0.3) is 0 Å². The summed E-state index contributed by atoms with van der Waals surface area (Å²) in [5, 5.41) is 0.771. The Balaban J connectivity index is 2.03. The smallest absolute Gasteiger partial charge is 0.175 e. The molecule has 3 rings (SSSR count). The molecule has 2 aromatic rings. The first kappa shape index (κ1) is 16.1. The molecule has 1 saturated heterocycles. The Morgan fingerprint density at radius 1 is 1.35 bits per heavy atom. The lowest BCUT2D eigenvalue weighted by molar-refractivity contribution is 0.0525. The number of hydrogen-bond donors (Lipinski definition) is 0. The summed E-state index contributed by atoms with van der Waals surface area (Å²) in [5.41, 5.74) is 0.751. The molecule has 1 aliphatic heterocycles. The summed E-state index contributed by atoms with van der Waals surface area (Å²) in [6.07, 6.45) is 5.01. The van der Waals surface area contributed by atoms with Crippen molar-refractivity contribution in [3.05, 3.63) is 24.5 Å². The van der Waals surface area contributed by atoms with E-state index in [4.69, 9.17) is 4.74 Å². The fourth-order valence-electron chi connectivity index (χ4n) is 3.01. The summed E-state index contributed by atoms with van der Waals surface area (Å²) in [5.74, 6) is 0.782. The highest BCUT2D eigenvalue weighted by molar-refractivity contribution is 7.90. The van der Waals surface area contributed by atoms with Crippen molar-refractivity contribution in [2.24, 2.45) is 0 Å². The maximum Gasteiger partial charge on any atom is 0.175 e. The molecule has 0 radical (unpaired) electrons. The zero-order valence-corrected chi connectivity index (χ0v) is 14.2. The molecule has 1 aromatic carbocycles. The monoisotopic (exact) mass is 335 g/mol. The summed E-state index contributed by atoms with van der Waals surface area (Å²) in [7, 11) is -3.26. The molecule has 0 spiro atoms. The van der Waals surface area contributed by atoms with E-state index in [1.165, 1.54) is 12.6 Å². The van der Waals surface area contributed by atoms with E-state index in [0.717, 1.165) is 42.7 Å². The van der Waals surface area contributed by atoms with Crippen LogP contribution in [0.4, 0.5) is 5.82 Å². The number of sulfone groups is 1. The highest BCUT2D eigenvalue weighted by Crippen LogP contribution is 2.28. The van der Waals surface area contributed by atoms with E-state index >= 15 is 0 Å². The molecule has 1 fully saturated rings. The van der Waals surface area contributed by atoms with Gasteiger partial charge in [-0.25, -0.2) is 18.4 Å². The molecule has 0 amide bonds. The maximum atomic E-state index is 11.8. The van der Waals surface area contributed by atoms with Crippen molar-refractivity contribution in [1.82, 2.24) is 9.97 Å². The highest BCUT2D eigenvalue weighted by atomic mass is 32.2. The first-order chi connectivity index (χ1) is 11.0. The van der Waals surface area contributed by atoms with Gasteiger partial charge in [0.05, 0.1) is 16.5 Å². The fraction of sp³-hybridized carbons (Fsp3) is 0.500. The maximum absolute atomic E-state index is 11.8. The second kappa shape index (κ2) is 6.41. The van der Waals surface area contributed by atoms with E-state index in [1.807, 2.05) is 6.92 Å². The van der Waals surface area contributed by atoms with Crippen LogP contribution in [0, 0.1) is 0 Å². The molecule has 23 heavy (non-hydrogen) atoms. The molecule has 1 aliphatic rings.